The van der Waals surface area contributed by atoms with Gasteiger partial charge in [0.15, 0.2) is 0 Å². The fourth-order valence-corrected chi connectivity index (χ4v) is 2.30. The lowest BCUT2D eigenvalue weighted by Crippen LogP contribution is -2.51. The Balaban J connectivity index is 1.66. The Morgan fingerprint density at radius 1 is 1.35 bits per heavy atom. The summed E-state index contributed by atoms with van der Waals surface area (Å²) >= 11 is 0. The SMILES string of the molecule is CN1CCN(C(=O)CNC2CCCOC2)CC1. The van der Waals surface area contributed by atoms with Crippen LogP contribution in [-0.2, 0) is 9.53 Å². The van der Waals surface area contributed by atoms with Crippen LogP contribution in [0.5, 0.6) is 0 Å². The highest BCUT2D eigenvalue weighted by Gasteiger charge is 2.20. The number of ether oxygens (including phenoxy) is 1. The number of piperazine rings is 1. The van der Waals surface area contributed by atoms with Crippen molar-refractivity contribution in [2.24, 2.45) is 0 Å². The van der Waals surface area contributed by atoms with Crippen LogP contribution in [0.25, 0.3) is 0 Å². The summed E-state index contributed by atoms with van der Waals surface area (Å²) in [5.41, 5.74) is 0. The molecule has 1 N–H and O–H groups in total. The predicted molar refractivity (Wildman–Crippen MR) is 65.9 cm³/mol. The van der Waals surface area contributed by atoms with E-state index in [1.165, 1.54) is 0 Å². The van der Waals surface area contributed by atoms with Gasteiger partial charge >= 0.3 is 0 Å². The summed E-state index contributed by atoms with van der Waals surface area (Å²) in [4.78, 5) is 16.2. The van der Waals surface area contributed by atoms with Gasteiger partial charge in [0, 0.05) is 38.8 Å². The zero-order valence-corrected chi connectivity index (χ0v) is 10.7. The predicted octanol–water partition coefficient (Wildman–Crippen LogP) is -0.471. The Labute approximate surface area is 103 Å². The van der Waals surface area contributed by atoms with Crippen molar-refractivity contribution in [3.05, 3.63) is 0 Å². The fraction of sp³-hybridized carbons (Fsp3) is 0.917. The number of nitrogens with one attached hydrogen (secondary N) is 1. The normalized spacial score (nSPS) is 27.1. The van der Waals surface area contributed by atoms with Gasteiger partial charge in [-0.25, -0.2) is 0 Å². The molecule has 2 aliphatic rings. The first kappa shape index (κ1) is 12.8. The van der Waals surface area contributed by atoms with Crippen molar-refractivity contribution in [3.8, 4) is 0 Å². The molecule has 98 valence electrons. The molecular formula is C12H23N3O2. The summed E-state index contributed by atoms with van der Waals surface area (Å²) in [5.74, 6) is 0.226. The molecule has 2 rings (SSSR count). The van der Waals surface area contributed by atoms with Crippen LogP contribution in [-0.4, -0.2) is 74.7 Å². The molecule has 2 aliphatic heterocycles. The third-order valence-electron chi connectivity index (χ3n) is 3.56. The molecule has 0 aromatic heterocycles. The van der Waals surface area contributed by atoms with E-state index in [-0.39, 0.29) is 5.91 Å². The molecule has 0 saturated carbocycles. The van der Waals surface area contributed by atoms with Crippen molar-refractivity contribution in [1.82, 2.24) is 15.1 Å². The summed E-state index contributed by atoms with van der Waals surface area (Å²) < 4.78 is 5.38. The molecule has 1 amide bonds. The lowest BCUT2D eigenvalue weighted by Gasteiger charge is -2.33. The van der Waals surface area contributed by atoms with Crippen molar-refractivity contribution in [1.29, 1.82) is 0 Å². The zero-order valence-electron chi connectivity index (χ0n) is 10.7. The van der Waals surface area contributed by atoms with Crippen LogP contribution in [0.1, 0.15) is 12.8 Å². The molecule has 17 heavy (non-hydrogen) atoms. The molecule has 2 saturated heterocycles. The van der Waals surface area contributed by atoms with Gasteiger partial charge in [-0.3, -0.25) is 4.79 Å². The smallest absolute Gasteiger partial charge is 0.236 e. The maximum absolute atomic E-state index is 12.0. The minimum absolute atomic E-state index is 0.226. The molecule has 2 fully saturated rings. The van der Waals surface area contributed by atoms with Gasteiger partial charge < -0.3 is 19.9 Å². The molecule has 0 aromatic carbocycles. The van der Waals surface area contributed by atoms with Crippen molar-refractivity contribution in [2.75, 3.05) is 53.0 Å². The van der Waals surface area contributed by atoms with E-state index >= 15 is 0 Å². The van der Waals surface area contributed by atoms with Gasteiger partial charge in [-0.2, -0.15) is 0 Å². The maximum Gasteiger partial charge on any atom is 0.236 e. The van der Waals surface area contributed by atoms with Gasteiger partial charge in [-0.05, 0) is 19.9 Å². The average molecular weight is 241 g/mol. The van der Waals surface area contributed by atoms with Gasteiger partial charge in [0.1, 0.15) is 0 Å². The number of carbonyl (C=O) groups is 1. The molecular weight excluding hydrogens is 218 g/mol. The number of hydrogen-bond acceptors (Lipinski definition) is 4. The van der Waals surface area contributed by atoms with Gasteiger partial charge in [-0.15, -0.1) is 0 Å². The van der Waals surface area contributed by atoms with E-state index in [1.54, 1.807) is 0 Å². The second-order valence-electron chi connectivity index (χ2n) is 4.98. The van der Waals surface area contributed by atoms with E-state index in [0.717, 1.165) is 52.2 Å². The van der Waals surface area contributed by atoms with E-state index < -0.39 is 0 Å². The van der Waals surface area contributed by atoms with E-state index in [4.69, 9.17) is 4.74 Å². The minimum atomic E-state index is 0.226. The molecule has 0 radical (unpaired) electrons. The van der Waals surface area contributed by atoms with Crippen LogP contribution in [0, 0.1) is 0 Å². The Hall–Kier alpha value is -0.650. The first-order valence-electron chi connectivity index (χ1n) is 6.53. The van der Waals surface area contributed by atoms with Crippen LogP contribution in [0.3, 0.4) is 0 Å². The van der Waals surface area contributed by atoms with Crippen molar-refractivity contribution < 1.29 is 9.53 Å². The Morgan fingerprint density at radius 2 is 2.12 bits per heavy atom. The summed E-state index contributed by atoms with van der Waals surface area (Å²) in [5, 5.41) is 3.30. The van der Waals surface area contributed by atoms with Gasteiger partial charge in [0.05, 0.1) is 13.2 Å². The van der Waals surface area contributed by atoms with Crippen LogP contribution in [0.15, 0.2) is 0 Å². The summed E-state index contributed by atoms with van der Waals surface area (Å²) in [6.45, 7) is 5.76. The zero-order chi connectivity index (χ0) is 12.1. The summed E-state index contributed by atoms with van der Waals surface area (Å²) in [6.07, 6.45) is 2.22. The number of carbonyl (C=O) groups excluding carboxylic acids is 1. The van der Waals surface area contributed by atoms with E-state index in [0.29, 0.717) is 12.6 Å². The molecule has 1 atom stereocenters. The number of nitrogens with zero attached hydrogens (tertiary/aromatic N) is 2. The molecule has 1 unspecified atom stereocenters. The largest absolute Gasteiger partial charge is 0.380 e. The third kappa shape index (κ3) is 3.94. The molecule has 0 spiro atoms. The summed E-state index contributed by atoms with van der Waals surface area (Å²) in [7, 11) is 2.10. The Kier molecular flexibility index (Phi) is 4.76. The van der Waals surface area contributed by atoms with Gasteiger partial charge in [0.2, 0.25) is 5.91 Å². The van der Waals surface area contributed by atoms with E-state index in [1.807, 2.05) is 4.90 Å². The highest BCUT2D eigenvalue weighted by atomic mass is 16.5. The van der Waals surface area contributed by atoms with Crippen LogP contribution in [0.2, 0.25) is 0 Å². The van der Waals surface area contributed by atoms with Crippen molar-refractivity contribution >= 4 is 5.91 Å². The number of hydrogen-bond donors (Lipinski definition) is 1. The molecule has 0 aromatic rings. The second kappa shape index (κ2) is 6.33. The standard InChI is InChI=1S/C12H23N3O2/c1-14-4-6-15(7-5-14)12(16)9-13-11-3-2-8-17-10-11/h11,13H,2-10H2,1H3. The second-order valence-corrected chi connectivity index (χ2v) is 4.98. The average Bonchev–Trinajstić information content (AvgIpc) is 2.38. The van der Waals surface area contributed by atoms with Gasteiger partial charge in [0.25, 0.3) is 0 Å². The first-order chi connectivity index (χ1) is 8.25. The van der Waals surface area contributed by atoms with Crippen molar-refractivity contribution in [2.45, 2.75) is 18.9 Å². The van der Waals surface area contributed by atoms with Crippen LogP contribution < -0.4 is 5.32 Å². The van der Waals surface area contributed by atoms with Crippen molar-refractivity contribution in [3.63, 3.8) is 0 Å². The first-order valence-corrected chi connectivity index (χ1v) is 6.53. The topological polar surface area (TPSA) is 44.8 Å². The Bertz CT molecular complexity index is 246. The van der Waals surface area contributed by atoms with Crippen LogP contribution >= 0.6 is 0 Å². The van der Waals surface area contributed by atoms with E-state index in [2.05, 4.69) is 17.3 Å². The Morgan fingerprint density at radius 3 is 2.76 bits per heavy atom. The number of likely N-dealkylation sites (N-methyl/N-ethyl adjacent to an activating group) is 1. The molecule has 0 bridgehead atoms. The van der Waals surface area contributed by atoms with Gasteiger partial charge in [-0.1, -0.05) is 0 Å². The highest BCUT2D eigenvalue weighted by Crippen LogP contribution is 2.06. The third-order valence-corrected chi connectivity index (χ3v) is 3.56. The molecule has 0 aliphatic carbocycles. The molecule has 5 nitrogen and oxygen atoms in total. The number of amides is 1. The maximum atomic E-state index is 12.0. The quantitative estimate of drug-likeness (QED) is 0.725. The number of rotatable bonds is 3. The lowest BCUT2D eigenvalue weighted by molar-refractivity contribution is -0.132. The van der Waals surface area contributed by atoms with Crippen LogP contribution in [0.4, 0.5) is 0 Å². The summed E-state index contributed by atoms with van der Waals surface area (Å²) in [6, 6.07) is 0.361. The monoisotopic (exact) mass is 241 g/mol. The lowest BCUT2D eigenvalue weighted by atomic mass is 10.1. The molecule has 5 heteroatoms. The fourth-order valence-electron chi connectivity index (χ4n) is 2.30. The highest BCUT2D eigenvalue weighted by molar-refractivity contribution is 5.78. The minimum Gasteiger partial charge on any atom is -0.380 e. The molecule has 2 heterocycles. The van der Waals surface area contributed by atoms with E-state index in [9.17, 15) is 4.79 Å².